The maximum atomic E-state index is 14.0. The monoisotopic (exact) mass is 544 g/mol. The van der Waals surface area contributed by atoms with E-state index in [2.05, 4.69) is 5.32 Å². The third kappa shape index (κ3) is 6.72. The molecule has 0 aromatic heterocycles. The molecule has 0 saturated carbocycles. The first kappa shape index (κ1) is 28.3. The average molecular weight is 545 g/mol. The van der Waals surface area contributed by atoms with E-state index in [4.69, 9.17) is 23.2 Å². The van der Waals surface area contributed by atoms with Gasteiger partial charge in [-0.3, -0.25) is 9.59 Å². The molecule has 0 spiro atoms. The first-order chi connectivity index (χ1) is 16.8. The van der Waals surface area contributed by atoms with Crippen molar-refractivity contribution in [2.45, 2.75) is 57.3 Å². The number of aliphatic carboxylic acids is 1. The second-order valence-corrected chi connectivity index (χ2v) is 10.4. The number of rotatable bonds is 9. The number of halogens is 5. The van der Waals surface area contributed by atoms with Gasteiger partial charge < -0.3 is 15.3 Å². The fourth-order valence-corrected chi connectivity index (χ4v) is 5.43. The van der Waals surface area contributed by atoms with E-state index in [-0.39, 0.29) is 18.9 Å². The Bertz CT molecular complexity index is 1080. The number of benzene rings is 2. The van der Waals surface area contributed by atoms with E-state index in [1.165, 1.54) is 0 Å². The molecule has 0 bridgehead atoms. The third-order valence-corrected chi connectivity index (χ3v) is 7.19. The molecule has 1 unspecified atom stereocenters. The molecule has 196 valence electrons. The van der Waals surface area contributed by atoms with E-state index in [1.54, 1.807) is 61.2 Å². The summed E-state index contributed by atoms with van der Waals surface area (Å²) in [6.07, 6.45) is -4.21. The van der Waals surface area contributed by atoms with Gasteiger partial charge in [-0.1, -0.05) is 61.3 Å². The van der Waals surface area contributed by atoms with Crippen molar-refractivity contribution in [2.75, 3.05) is 13.1 Å². The van der Waals surface area contributed by atoms with Crippen LogP contribution in [0.1, 0.15) is 56.2 Å². The van der Waals surface area contributed by atoms with Gasteiger partial charge in [0.05, 0.1) is 24.4 Å². The van der Waals surface area contributed by atoms with Crippen LogP contribution >= 0.6 is 23.2 Å². The molecule has 3 rings (SSSR count). The molecule has 1 amide bonds. The molecule has 1 aliphatic rings. The van der Waals surface area contributed by atoms with Gasteiger partial charge in [-0.25, -0.2) is 0 Å². The van der Waals surface area contributed by atoms with Crippen LogP contribution in [0.15, 0.2) is 48.5 Å². The molecule has 0 aliphatic carbocycles. The Hall–Kier alpha value is -2.29. The zero-order chi connectivity index (χ0) is 26.7. The lowest BCUT2D eigenvalue weighted by Gasteiger charge is -2.52. The summed E-state index contributed by atoms with van der Waals surface area (Å²) in [5, 5.41) is 13.1. The van der Waals surface area contributed by atoms with Gasteiger partial charge in [0.1, 0.15) is 0 Å². The van der Waals surface area contributed by atoms with Gasteiger partial charge in [-0.15, -0.1) is 0 Å². The predicted molar refractivity (Wildman–Crippen MR) is 133 cm³/mol. The predicted octanol–water partition coefficient (Wildman–Crippen LogP) is 6.46. The van der Waals surface area contributed by atoms with Crippen LogP contribution in [0.5, 0.6) is 0 Å². The minimum absolute atomic E-state index is 0.0999. The quantitative estimate of drug-likeness (QED) is 0.380. The number of nitrogens with one attached hydrogen (secondary N) is 1. The highest BCUT2D eigenvalue weighted by Gasteiger charge is 2.52. The number of carbonyl (C=O) groups is 2. The SMILES string of the molecule is CCC(CNCC(F)(F)F)N1C(=O)[C@@](C)(CC(=O)O)C[C@H](c2cccc(Cl)c2)[C@H]1c1ccc(Cl)cc1. The summed E-state index contributed by atoms with van der Waals surface area (Å²) in [4.78, 5) is 27.4. The first-order valence-corrected chi connectivity index (χ1v) is 12.4. The normalized spacial score (nSPS) is 23.5. The average Bonchev–Trinajstić information content (AvgIpc) is 2.78. The van der Waals surface area contributed by atoms with Gasteiger partial charge >= 0.3 is 12.1 Å². The van der Waals surface area contributed by atoms with E-state index in [0.29, 0.717) is 16.5 Å². The summed E-state index contributed by atoms with van der Waals surface area (Å²) < 4.78 is 38.6. The Morgan fingerprint density at radius 1 is 1.17 bits per heavy atom. The van der Waals surface area contributed by atoms with Crippen LogP contribution < -0.4 is 5.32 Å². The number of hydrogen-bond donors (Lipinski definition) is 2. The maximum absolute atomic E-state index is 14.0. The molecule has 1 saturated heterocycles. The summed E-state index contributed by atoms with van der Waals surface area (Å²) in [7, 11) is 0. The van der Waals surface area contributed by atoms with Crippen LogP contribution in [0.25, 0.3) is 0 Å². The third-order valence-electron chi connectivity index (χ3n) is 6.70. The van der Waals surface area contributed by atoms with Gasteiger partial charge in [0.25, 0.3) is 0 Å². The summed E-state index contributed by atoms with van der Waals surface area (Å²) >= 11 is 12.4. The second kappa shape index (κ2) is 11.4. The van der Waals surface area contributed by atoms with Crippen molar-refractivity contribution in [1.29, 1.82) is 0 Å². The van der Waals surface area contributed by atoms with Crippen LogP contribution in [-0.4, -0.2) is 47.2 Å². The summed E-state index contributed by atoms with van der Waals surface area (Å²) in [5.41, 5.74) is 0.304. The zero-order valence-corrected chi connectivity index (χ0v) is 21.5. The van der Waals surface area contributed by atoms with Crippen LogP contribution in [0.2, 0.25) is 10.0 Å². The van der Waals surface area contributed by atoms with E-state index in [0.717, 1.165) is 11.1 Å². The zero-order valence-electron chi connectivity index (χ0n) is 20.0. The van der Waals surface area contributed by atoms with Crippen LogP contribution in [-0.2, 0) is 9.59 Å². The fraction of sp³-hybridized carbons (Fsp3) is 0.462. The lowest BCUT2D eigenvalue weighted by Crippen LogP contribution is -2.58. The minimum atomic E-state index is -4.40. The topological polar surface area (TPSA) is 69.6 Å². The molecular weight excluding hydrogens is 516 g/mol. The Labute approximate surface area is 218 Å². The highest BCUT2D eigenvalue weighted by molar-refractivity contribution is 6.30. The van der Waals surface area contributed by atoms with Crippen molar-refractivity contribution in [2.24, 2.45) is 5.41 Å². The molecule has 2 aromatic rings. The highest BCUT2D eigenvalue weighted by Crippen LogP contribution is 2.52. The Morgan fingerprint density at radius 3 is 2.39 bits per heavy atom. The molecule has 1 aliphatic heterocycles. The lowest BCUT2D eigenvalue weighted by atomic mass is 9.67. The summed E-state index contributed by atoms with van der Waals surface area (Å²) in [6.45, 7) is 2.12. The second-order valence-electron chi connectivity index (χ2n) is 9.51. The van der Waals surface area contributed by atoms with Crippen molar-refractivity contribution < 1.29 is 27.9 Å². The lowest BCUT2D eigenvalue weighted by molar-refractivity contribution is -0.160. The Balaban J connectivity index is 2.15. The molecular formula is C26H29Cl2F3N2O3. The van der Waals surface area contributed by atoms with Crippen molar-refractivity contribution in [1.82, 2.24) is 10.2 Å². The number of carboxylic acids is 1. The molecule has 4 atom stereocenters. The van der Waals surface area contributed by atoms with Crippen molar-refractivity contribution in [3.05, 3.63) is 69.7 Å². The number of carboxylic acid groups (broad SMARTS) is 1. The van der Waals surface area contributed by atoms with Crippen molar-refractivity contribution in [3.63, 3.8) is 0 Å². The number of carbonyl (C=O) groups excluding carboxylic acids is 1. The first-order valence-electron chi connectivity index (χ1n) is 11.7. The minimum Gasteiger partial charge on any atom is -0.481 e. The highest BCUT2D eigenvalue weighted by atomic mass is 35.5. The van der Waals surface area contributed by atoms with Gasteiger partial charge in [0, 0.05) is 28.5 Å². The molecule has 1 fully saturated rings. The van der Waals surface area contributed by atoms with Crippen molar-refractivity contribution >= 4 is 35.1 Å². The molecule has 2 N–H and O–H groups in total. The summed E-state index contributed by atoms with van der Waals surface area (Å²) in [5.74, 6) is -1.88. The van der Waals surface area contributed by atoms with Gasteiger partial charge in [0.2, 0.25) is 5.91 Å². The van der Waals surface area contributed by atoms with Gasteiger partial charge in [-0.2, -0.15) is 13.2 Å². The van der Waals surface area contributed by atoms with E-state index >= 15 is 0 Å². The van der Waals surface area contributed by atoms with Crippen LogP contribution in [0, 0.1) is 5.41 Å². The van der Waals surface area contributed by atoms with Crippen LogP contribution in [0.4, 0.5) is 13.2 Å². The largest absolute Gasteiger partial charge is 0.481 e. The van der Waals surface area contributed by atoms with E-state index < -0.39 is 48.5 Å². The van der Waals surface area contributed by atoms with E-state index in [1.807, 2.05) is 6.07 Å². The molecule has 1 heterocycles. The van der Waals surface area contributed by atoms with Crippen LogP contribution in [0.3, 0.4) is 0 Å². The fourth-order valence-electron chi connectivity index (χ4n) is 5.10. The van der Waals surface area contributed by atoms with Gasteiger partial charge in [-0.05, 0) is 48.2 Å². The molecule has 5 nitrogen and oxygen atoms in total. The number of nitrogens with zero attached hydrogens (tertiary/aromatic N) is 1. The molecule has 10 heteroatoms. The molecule has 2 aromatic carbocycles. The molecule has 36 heavy (non-hydrogen) atoms. The summed E-state index contributed by atoms with van der Waals surface area (Å²) in [6, 6.07) is 13.0. The number of piperidine rings is 1. The standard InChI is InChI=1S/C26H29Cl2F3N2O3/c1-3-20(14-32-15-26(29,30)31)33-23(16-7-9-18(27)10-8-16)21(17-5-4-6-19(28)11-17)12-25(2,24(33)36)13-22(34)35/h4-11,20-21,23,32H,3,12-15H2,1-2H3,(H,34,35)/t20?,21-,23-,25-/m1/s1. The number of hydrogen-bond acceptors (Lipinski definition) is 3. The van der Waals surface area contributed by atoms with Crippen molar-refractivity contribution in [3.8, 4) is 0 Å². The van der Waals surface area contributed by atoms with Gasteiger partial charge in [0.15, 0.2) is 0 Å². The number of likely N-dealkylation sites (tertiary alicyclic amines) is 1. The Kier molecular flexibility index (Phi) is 8.96. The number of alkyl halides is 3. The van der Waals surface area contributed by atoms with E-state index in [9.17, 15) is 27.9 Å². The Morgan fingerprint density at radius 2 is 1.83 bits per heavy atom. The number of amides is 1. The molecule has 0 radical (unpaired) electrons. The maximum Gasteiger partial charge on any atom is 0.401 e. The smallest absolute Gasteiger partial charge is 0.401 e.